The summed E-state index contributed by atoms with van der Waals surface area (Å²) in [7, 11) is 0. The van der Waals surface area contributed by atoms with Crippen molar-refractivity contribution in [2.75, 3.05) is 44.7 Å². The molecule has 1 aromatic carbocycles. The number of aromatic nitrogens is 4. The van der Waals surface area contributed by atoms with Gasteiger partial charge in [0.25, 0.3) is 0 Å². The zero-order valence-electron chi connectivity index (χ0n) is 15.1. The standard InChI is InChI=1S/C19H24N6O/c1-15-3-5-16(6-4-15)25-19-17(13-23-25)18(21-14-22-19)20-7-2-8-24-9-11-26-12-10-24/h3-6,13-14H,2,7-12H2,1H3,(H,20,21,22). The van der Waals surface area contributed by atoms with Crippen LogP contribution < -0.4 is 5.32 Å². The van der Waals surface area contributed by atoms with Gasteiger partial charge in [0.15, 0.2) is 5.65 Å². The lowest BCUT2D eigenvalue weighted by molar-refractivity contribution is 0.0378. The Hall–Kier alpha value is -2.51. The molecule has 0 radical (unpaired) electrons. The van der Waals surface area contributed by atoms with Crippen LogP contribution in [0.15, 0.2) is 36.8 Å². The predicted molar refractivity (Wildman–Crippen MR) is 102 cm³/mol. The van der Waals surface area contributed by atoms with E-state index in [1.807, 2.05) is 10.9 Å². The van der Waals surface area contributed by atoms with Gasteiger partial charge in [-0.05, 0) is 32.0 Å². The lowest BCUT2D eigenvalue weighted by Gasteiger charge is -2.26. The lowest BCUT2D eigenvalue weighted by Crippen LogP contribution is -2.37. The van der Waals surface area contributed by atoms with E-state index in [9.17, 15) is 0 Å². The van der Waals surface area contributed by atoms with Gasteiger partial charge >= 0.3 is 0 Å². The van der Waals surface area contributed by atoms with Crippen LogP contribution in [0.2, 0.25) is 0 Å². The van der Waals surface area contributed by atoms with E-state index in [-0.39, 0.29) is 0 Å². The van der Waals surface area contributed by atoms with Crippen molar-refractivity contribution in [3.8, 4) is 5.69 Å². The van der Waals surface area contributed by atoms with Crippen molar-refractivity contribution in [3.63, 3.8) is 0 Å². The van der Waals surface area contributed by atoms with Gasteiger partial charge in [0, 0.05) is 19.6 Å². The van der Waals surface area contributed by atoms with Gasteiger partial charge in [-0.15, -0.1) is 0 Å². The smallest absolute Gasteiger partial charge is 0.168 e. The minimum atomic E-state index is 0.819. The van der Waals surface area contributed by atoms with Crippen LogP contribution in [0, 0.1) is 6.92 Å². The molecule has 7 nitrogen and oxygen atoms in total. The summed E-state index contributed by atoms with van der Waals surface area (Å²) in [5.41, 5.74) is 3.05. The highest BCUT2D eigenvalue weighted by Gasteiger charge is 2.12. The Labute approximate surface area is 153 Å². The Morgan fingerprint density at radius 1 is 1.12 bits per heavy atom. The van der Waals surface area contributed by atoms with Crippen LogP contribution in [0.3, 0.4) is 0 Å². The van der Waals surface area contributed by atoms with Crippen LogP contribution in [0.1, 0.15) is 12.0 Å². The third-order valence-corrected chi connectivity index (χ3v) is 4.69. The molecule has 1 saturated heterocycles. The lowest BCUT2D eigenvalue weighted by atomic mass is 10.2. The zero-order chi connectivity index (χ0) is 17.8. The number of fused-ring (bicyclic) bond motifs is 1. The summed E-state index contributed by atoms with van der Waals surface area (Å²) in [5, 5.41) is 8.89. The molecule has 0 spiro atoms. The van der Waals surface area contributed by atoms with Crippen LogP contribution in [0.4, 0.5) is 5.82 Å². The summed E-state index contributed by atoms with van der Waals surface area (Å²) in [6.07, 6.45) is 4.50. The summed E-state index contributed by atoms with van der Waals surface area (Å²) >= 11 is 0. The molecular formula is C19H24N6O. The largest absolute Gasteiger partial charge is 0.379 e. The van der Waals surface area contributed by atoms with Gasteiger partial charge in [-0.2, -0.15) is 5.10 Å². The molecule has 0 aliphatic carbocycles. The second kappa shape index (κ2) is 7.80. The molecule has 0 atom stereocenters. The van der Waals surface area contributed by atoms with Crippen LogP contribution in [-0.2, 0) is 4.74 Å². The molecule has 0 saturated carbocycles. The molecule has 136 valence electrons. The monoisotopic (exact) mass is 352 g/mol. The maximum atomic E-state index is 5.39. The molecule has 0 amide bonds. The highest BCUT2D eigenvalue weighted by Crippen LogP contribution is 2.21. The van der Waals surface area contributed by atoms with Gasteiger partial charge in [-0.1, -0.05) is 17.7 Å². The van der Waals surface area contributed by atoms with Crippen LogP contribution in [-0.4, -0.2) is 64.0 Å². The first-order valence-electron chi connectivity index (χ1n) is 9.11. The number of nitrogens with one attached hydrogen (secondary N) is 1. The molecule has 3 heterocycles. The minimum Gasteiger partial charge on any atom is -0.379 e. The first-order chi connectivity index (χ1) is 12.8. The number of ether oxygens (including phenoxy) is 1. The average Bonchev–Trinajstić information content (AvgIpc) is 3.12. The fourth-order valence-corrected chi connectivity index (χ4v) is 3.19. The fourth-order valence-electron chi connectivity index (χ4n) is 3.19. The second-order valence-electron chi connectivity index (χ2n) is 6.59. The van der Waals surface area contributed by atoms with Crippen LogP contribution in [0.25, 0.3) is 16.7 Å². The predicted octanol–water partition coefficient (Wildman–Crippen LogP) is 2.26. The van der Waals surface area contributed by atoms with Crippen molar-refractivity contribution in [1.82, 2.24) is 24.6 Å². The molecule has 26 heavy (non-hydrogen) atoms. The van der Waals surface area contributed by atoms with E-state index in [1.165, 1.54) is 5.56 Å². The molecule has 1 N–H and O–H groups in total. The normalized spacial score (nSPS) is 15.4. The maximum Gasteiger partial charge on any atom is 0.168 e. The summed E-state index contributed by atoms with van der Waals surface area (Å²) in [6, 6.07) is 8.27. The molecule has 1 aliphatic rings. The molecular weight excluding hydrogens is 328 g/mol. The molecule has 2 aromatic heterocycles. The average molecular weight is 352 g/mol. The van der Waals surface area contributed by atoms with Crippen molar-refractivity contribution in [2.24, 2.45) is 0 Å². The Bertz CT molecular complexity index is 854. The number of hydrogen-bond acceptors (Lipinski definition) is 6. The molecule has 7 heteroatoms. The number of benzene rings is 1. The van der Waals surface area contributed by atoms with Crippen molar-refractivity contribution in [1.29, 1.82) is 0 Å². The van der Waals surface area contributed by atoms with E-state index < -0.39 is 0 Å². The highest BCUT2D eigenvalue weighted by molar-refractivity contribution is 5.87. The maximum absolute atomic E-state index is 5.39. The van der Waals surface area contributed by atoms with Gasteiger partial charge < -0.3 is 10.1 Å². The third kappa shape index (κ3) is 3.68. The highest BCUT2D eigenvalue weighted by atomic mass is 16.5. The first kappa shape index (κ1) is 16.9. The molecule has 0 bridgehead atoms. The van der Waals surface area contributed by atoms with Crippen molar-refractivity contribution >= 4 is 16.9 Å². The summed E-state index contributed by atoms with van der Waals surface area (Å²) in [5.74, 6) is 0.843. The van der Waals surface area contributed by atoms with E-state index in [4.69, 9.17) is 4.74 Å². The molecule has 3 aromatic rings. The molecule has 1 aliphatic heterocycles. The molecule has 4 rings (SSSR count). The van der Waals surface area contributed by atoms with E-state index in [1.54, 1.807) is 6.33 Å². The zero-order valence-corrected chi connectivity index (χ0v) is 15.1. The van der Waals surface area contributed by atoms with Crippen molar-refractivity contribution in [3.05, 3.63) is 42.4 Å². The number of aryl methyl sites for hydroxylation is 1. The van der Waals surface area contributed by atoms with Crippen molar-refractivity contribution < 1.29 is 4.74 Å². The van der Waals surface area contributed by atoms with E-state index in [2.05, 4.69) is 56.5 Å². The number of nitrogens with zero attached hydrogens (tertiary/aromatic N) is 5. The topological polar surface area (TPSA) is 68.1 Å². The Kier molecular flexibility index (Phi) is 5.08. The van der Waals surface area contributed by atoms with Gasteiger partial charge in [0.2, 0.25) is 0 Å². The summed E-state index contributed by atoms with van der Waals surface area (Å²) in [6.45, 7) is 7.77. The van der Waals surface area contributed by atoms with E-state index in [0.29, 0.717) is 0 Å². The SMILES string of the molecule is Cc1ccc(-n2ncc3c(NCCCN4CCOCC4)ncnc32)cc1. The molecule has 1 fully saturated rings. The van der Waals surface area contributed by atoms with Gasteiger partial charge in [0.05, 0.1) is 30.5 Å². The van der Waals surface area contributed by atoms with E-state index in [0.717, 1.165) is 68.4 Å². The first-order valence-corrected chi connectivity index (χ1v) is 9.11. The van der Waals surface area contributed by atoms with Gasteiger partial charge in [-0.25, -0.2) is 14.6 Å². The Balaban J connectivity index is 1.44. The number of rotatable bonds is 6. The Morgan fingerprint density at radius 3 is 2.73 bits per heavy atom. The quantitative estimate of drug-likeness (QED) is 0.687. The summed E-state index contributed by atoms with van der Waals surface area (Å²) in [4.78, 5) is 11.3. The summed E-state index contributed by atoms with van der Waals surface area (Å²) < 4.78 is 7.24. The third-order valence-electron chi connectivity index (χ3n) is 4.69. The van der Waals surface area contributed by atoms with Crippen LogP contribution in [0.5, 0.6) is 0 Å². The van der Waals surface area contributed by atoms with Gasteiger partial charge in [0.1, 0.15) is 12.1 Å². The van der Waals surface area contributed by atoms with Gasteiger partial charge in [-0.3, -0.25) is 4.90 Å². The second-order valence-corrected chi connectivity index (χ2v) is 6.59. The van der Waals surface area contributed by atoms with Crippen molar-refractivity contribution in [2.45, 2.75) is 13.3 Å². The number of morpholine rings is 1. The van der Waals surface area contributed by atoms with E-state index >= 15 is 0 Å². The minimum absolute atomic E-state index is 0.819. The van der Waals surface area contributed by atoms with Crippen LogP contribution >= 0.6 is 0 Å². The number of anilines is 1. The Morgan fingerprint density at radius 2 is 1.92 bits per heavy atom. The number of hydrogen-bond donors (Lipinski definition) is 1. The molecule has 0 unspecified atom stereocenters. The fraction of sp³-hybridized carbons (Fsp3) is 0.421.